The van der Waals surface area contributed by atoms with Crippen LogP contribution >= 0.6 is 0 Å². The number of carbonyl (C=O) groups is 4. The average molecular weight is 1240 g/mol. The van der Waals surface area contributed by atoms with Crippen LogP contribution in [0.2, 0.25) is 0 Å². The molecular formula is C54H54N18O10S4+2. The second-order valence-corrected chi connectivity index (χ2v) is 25.1. The van der Waals surface area contributed by atoms with Gasteiger partial charge in [-0.25, -0.2) is 9.97 Å². The number of rotatable bonds is 27. The Bertz CT molecular complexity index is 3900. The summed E-state index contributed by atoms with van der Waals surface area (Å²) in [4.78, 5) is 72.3. The summed E-state index contributed by atoms with van der Waals surface area (Å²) >= 11 is -1.74. The molecule has 0 aliphatic carbocycles. The van der Waals surface area contributed by atoms with Crippen LogP contribution in [0.15, 0.2) is 163 Å². The van der Waals surface area contributed by atoms with Gasteiger partial charge in [-0.2, -0.15) is 36.8 Å². The molecule has 8 rings (SSSR count). The van der Waals surface area contributed by atoms with Gasteiger partial charge < -0.3 is 45.0 Å². The first-order valence-electron chi connectivity index (χ1n) is 25.5. The molecule has 2 aromatic heterocycles. The maximum absolute atomic E-state index is 13.3. The van der Waals surface area contributed by atoms with Crippen molar-refractivity contribution in [1.82, 2.24) is 29.9 Å². The number of anilines is 6. The number of primary amides is 4. The van der Waals surface area contributed by atoms with Gasteiger partial charge in [0.05, 0.1) is 37.1 Å². The first-order chi connectivity index (χ1) is 40.9. The Morgan fingerprint density at radius 2 is 0.744 bits per heavy atom. The van der Waals surface area contributed by atoms with Crippen molar-refractivity contribution in [2.75, 3.05) is 45.1 Å². The number of nitrogens with zero attached hydrogens (tertiary/aromatic N) is 10. The lowest BCUT2D eigenvalue weighted by atomic mass is 10.0. The zero-order chi connectivity index (χ0) is 61.7. The first-order valence-corrected chi connectivity index (χ1v) is 31.4. The second kappa shape index (κ2) is 27.7. The summed E-state index contributed by atoms with van der Waals surface area (Å²) in [6.07, 6.45) is 0.0738. The molecule has 0 spiro atoms. The highest BCUT2D eigenvalue weighted by molar-refractivity contribution is 7.95. The van der Waals surface area contributed by atoms with Crippen LogP contribution in [0.4, 0.5) is 46.0 Å². The van der Waals surface area contributed by atoms with Crippen molar-refractivity contribution < 1.29 is 45.1 Å². The van der Waals surface area contributed by atoms with Gasteiger partial charge >= 0.3 is 0 Å². The van der Waals surface area contributed by atoms with Crippen molar-refractivity contribution in [1.29, 1.82) is 0 Å². The van der Waals surface area contributed by atoms with E-state index < -0.39 is 75.8 Å². The molecule has 0 fully saturated rings. The molecule has 0 unspecified atom stereocenters. The van der Waals surface area contributed by atoms with Crippen LogP contribution in [0, 0.1) is 0 Å². The molecule has 0 atom stereocenters. The number of hydrogen-bond acceptors (Lipinski definition) is 22. The third-order valence-electron chi connectivity index (χ3n) is 12.0. The standard InChI is InChI=1S/C54H52N18O10S4/c55-35-9-1-5-31(25-35)49-63-51(33-7-3-11-39(27-33)69-71-83(21-17-45(57)73)22-18-46(58)74)67-53(65-49)61-37-13-15-41(43(29-37)85(77,78)79)42-16-14-38(30-44(42)86(80,81)82)62-54-66-50(32-6-2-10-36(56)26-32)64-52(68-54)34-8-4-12-40(28-34)70-72-84(23-19-47(59)75)24-20-48(60)76/h1-16,25-30H,17-24,55-56H2,(H10-2,57,58,59,60,61,62,63,64,65,66,67,68,69,70,71,72,73,74,75,76,77,78,79,80,81,82)/p+2. The molecule has 16 N–H and O–H groups in total. The van der Waals surface area contributed by atoms with Crippen LogP contribution in [-0.4, -0.2) is 102 Å². The number of aromatic nitrogens is 6. The topological polar surface area (TPSA) is 484 Å². The lowest BCUT2D eigenvalue weighted by Gasteiger charge is -2.15. The Morgan fingerprint density at radius 1 is 0.430 bits per heavy atom. The van der Waals surface area contributed by atoms with Gasteiger partial charge in [-0.15, -0.1) is 10.2 Å². The SMILES string of the molecule is NC(=O)CC[S+](CCC(N)=O)N=Nc1cccc(-c2nc(Nc3ccc(-c4ccc(Nc5nc(-c6cccc(N)c6)nc(-c6cccc(N=N[S+](CCC(N)=O)CCC(N)=O)c6)n5)cc4S(=O)(=O)O)c(S(=O)(=O)O)c3)nc(-c3cccc(N)c3)n2)c1. The zero-order valence-electron chi connectivity index (χ0n) is 45.1. The van der Waals surface area contributed by atoms with Crippen molar-refractivity contribution in [3.63, 3.8) is 0 Å². The molecule has 0 radical (unpaired) electrons. The van der Waals surface area contributed by atoms with Crippen molar-refractivity contribution in [2.24, 2.45) is 42.2 Å². The molecule has 8 aromatic rings. The van der Waals surface area contributed by atoms with E-state index >= 15 is 0 Å². The molecule has 32 heteroatoms. The number of benzene rings is 6. The molecule has 0 saturated carbocycles. The number of nitrogens with two attached hydrogens (primary N) is 6. The van der Waals surface area contributed by atoms with Crippen LogP contribution in [0.1, 0.15) is 25.7 Å². The van der Waals surface area contributed by atoms with Crippen LogP contribution < -0.4 is 45.0 Å². The van der Waals surface area contributed by atoms with E-state index in [4.69, 9.17) is 34.4 Å². The molecule has 2 heterocycles. The van der Waals surface area contributed by atoms with Gasteiger partial charge in [0.15, 0.2) is 45.5 Å². The van der Waals surface area contributed by atoms with Gasteiger partial charge in [-0.3, -0.25) is 28.3 Å². The van der Waals surface area contributed by atoms with Gasteiger partial charge in [0.25, 0.3) is 20.2 Å². The van der Waals surface area contributed by atoms with Crippen LogP contribution in [0.5, 0.6) is 0 Å². The highest BCUT2D eigenvalue weighted by Crippen LogP contribution is 2.38. The molecule has 0 bridgehead atoms. The van der Waals surface area contributed by atoms with E-state index in [-0.39, 0.29) is 106 Å². The highest BCUT2D eigenvalue weighted by atomic mass is 32.2. The Morgan fingerprint density at radius 3 is 1.05 bits per heavy atom. The van der Waals surface area contributed by atoms with Gasteiger partial charge in [0.1, 0.15) is 32.8 Å². The summed E-state index contributed by atoms with van der Waals surface area (Å²) in [7, 11) is -10.4. The predicted molar refractivity (Wildman–Crippen MR) is 327 cm³/mol. The fourth-order valence-corrected chi connectivity index (χ4v) is 12.3. The molecular weight excluding hydrogens is 1190 g/mol. The van der Waals surface area contributed by atoms with Crippen molar-refractivity contribution in [2.45, 2.75) is 35.5 Å². The molecule has 28 nitrogen and oxygen atoms in total. The summed E-state index contributed by atoms with van der Waals surface area (Å²) in [5.41, 5.74) is 36.2. The fraction of sp³-hybridized carbons (Fsp3) is 0.148. The summed E-state index contributed by atoms with van der Waals surface area (Å²) in [6, 6.07) is 33.7. The van der Waals surface area contributed by atoms with Crippen LogP contribution in [0.25, 0.3) is 56.7 Å². The van der Waals surface area contributed by atoms with Crippen molar-refractivity contribution in [3.05, 3.63) is 133 Å². The van der Waals surface area contributed by atoms with Crippen LogP contribution in [-0.2, 0) is 61.6 Å². The van der Waals surface area contributed by atoms with E-state index in [9.17, 15) is 45.1 Å². The molecule has 0 aliphatic rings. The van der Waals surface area contributed by atoms with E-state index in [0.717, 1.165) is 12.1 Å². The fourth-order valence-electron chi connectivity index (χ4n) is 7.93. The maximum atomic E-state index is 13.3. The quantitative estimate of drug-likeness (QED) is 0.0117. The number of carbonyl (C=O) groups excluding carboxylic acids is 4. The normalized spacial score (nSPS) is 11.8. The molecule has 0 saturated heterocycles. The van der Waals surface area contributed by atoms with E-state index in [1.165, 1.54) is 24.3 Å². The third kappa shape index (κ3) is 17.6. The smallest absolute Gasteiger partial charge is 0.295 e. The summed E-state index contributed by atoms with van der Waals surface area (Å²) in [6.45, 7) is 0. The number of amides is 4. The van der Waals surface area contributed by atoms with Gasteiger partial charge in [0.2, 0.25) is 35.5 Å². The largest absolute Gasteiger partial charge is 0.399 e. The minimum absolute atomic E-state index is 0.00885. The number of nitrogen functional groups attached to an aromatic ring is 2. The van der Waals surface area contributed by atoms with Gasteiger partial charge in [-0.1, -0.05) is 60.7 Å². The summed E-state index contributed by atoms with van der Waals surface area (Å²) in [5.74, 6) is -0.934. The molecule has 0 aliphatic heterocycles. The molecule has 6 aromatic carbocycles. The van der Waals surface area contributed by atoms with E-state index in [1.807, 2.05) is 0 Å². The van der Waals surface area contributed by atoms with E-state index in [1.54, 1.807) is 97.1 Å². The monoisotopic (exact) mass is 1240 g/mol. The second-order valence-electron chi connectivity index (χ2n) is 18.6. The molecule has 442 valence electrons. The minimum Gasteiger partial charge on any atom is -0.399 e. The summed E-state index contributed by atoms with van der Waals surface area (Å²) < 4.78 is 83.4. The van der Waals surface area contributed by atoms with E-state index in [0.29, 0.717) is 45.0 Å². The zero-order valence-corrected chi connectivity index (χ0v) is 48.4. The number of hydrogen-bond donors (Lipinski definition) is 10. The van der Waals surface area contributed by atoms with Crippen LogP contribution in [0.3, 0.4) is 0 Å². The highest BCUT2D eigenvalue weighted by Gasteiger charge is 2.27. The average Bonchev–Trinajstić information content (AvgIpc) is 0.940. The van der Waals surface area contributed by atoms with E-state index in [2.05, 4.69) is 59.8 Å². The first kappa shape index (κ1) is 62.2. The van der Waals surface area contributed by atoms with Gasteiger partial charge in [-0.05, 0) is 72.8 Å². The Kier molecular flexibility index (Phi) is 20.0. The third-order valence-corrected chi connectivity index (χ3v) is 17.1. The van der Waals surface area contributed by atoms with Gasteiger partial charge in [0, 0.05) is 65.2 Å². The summed E-state index contributed by atoms with van der Waals surface area (Å²) in [5, 5.41) is 14.6. The van der Waals surface area contributed by atoms with Crippen molar-refractivity contribution >= 4 is 112 Å². The lowest BCUT2D eigenvalue weighted by Crippen LogP contribution is -2.21. The predicted octanol–water partition coefficient (Wildman–Crippen LogP) is 6.27. The maximum Gasteiger partial charge on any atom is 0.295 e. The number of nitrogens with one attached hydrogen (secondary N) is 2. The molecule has 86 heavy (non-hydrogen) atoms. The minimum atomic E-state index is -5.19. The Balaban J connectivity index is 1.13. The van der Waals surface area contributed by atoms with Crippen molar-refractivity contribution in [3.8, 4) is 56.7 Å². The molecule has 4 amide bonds. The Labute approximate surface area is 497 Å². The lowest BCUT2D eigenvalue weighted by molar-refractivity contribution is -0.118. The Hall–Kier alpha value is -9.86.